The molecule has 1 aromatic carbocycles. The minimum atomic E-state index is -2.90. The van der Waals surface area contributed by atoms with Gasteiger partial charge < -0.3 is 15.4 Å². The summed E-state index contributed by atoms with van der Waals surface area (Å²) in [6.45, 7) is 1.90. The number of nitrogens with zero attached hydrogens (tertiary/aromatic N) is 1. The number of sulfone groups is 1. The van der Waals surface area contributed by atoms with Crippen molar-refractivity contribution in [1.29, 1.82) is 0 Å². The summed E-state index contributed by atoms with van der Waals surface area (Å²) in [5.74, 6) is 1.21. The molecule has 0 bridgehead atoms. The average molecular weight is 298 g/mol. The second kappa shape index (κ2) is 5.61. The van der Waals surface area contributed by atoms with Gasteiger partial charge >= 0.3 is 0 Å². The van der Waals surface area contributed by atoms with Crippen LogP contribution < -0.4 is 15.4 Å². The van der Waals surface area contributed by atoms with E-state index in [1.165, 1.54) is 0 Å². The molecule has 0 saturated carbocycles. The smallest absolute Gasteiger partial charge is 0.152 e. The maximum Gasteiger partial charge on any atom is 0.152 e. The van der Waals surface area contributed by atoms with Gasteiger partial charge in [0.05, 0.1) is 18.6 Å². The Bertz CT molecular complexity index is 584. The molecule has 1 saturated heterocycles. The predicted octanol–water partition coefficient (Wildman–Crippen LogP) is 1.34. The molecule has 0 spiro atoms. The summed E-state index contributed by atoms with van der Waals surface area (Å²) in [6.07, 6.45) is 0.661. The fourth-order valence-corrected chi connectivity index (χ4v) is 4.53. The van der Waals surface area contributed by atoms with E-state index in [0.717, 1.165) is 17.0 Å². The number of rotatable bonds is 4. The van der Waals surface area contributed by atoms with Crippen LogP contribution in [0.1, 0.15) is 24.9 Å². The van der Waals surface area contributed by atoms with Crippen molar-refractivity contribution in [2.24, 2.45) is 5.73 Å². The van der Waals surface area contributed by atoms with Gasteiger partial charge in [0.15, 0.2) is 9.84 Å². The molecule has 1 heterocycles. The molecule has 2 atom stereocenters. The van der Waals surface area contributed by atoms with Crippen LogP contribution >= 0.6 is 0 Å². The highest BCUT2D eigenvalue weighted by Crippen LogP contribution is 2.35. The van der Waals surface area contributed by atoms with Crippen LogP contribution in [0.15, 0.2) is 18.2 Å². The summed E-state index contributed by atoms with van der Waals surface area (Å²) < 4.78 is 28.7. The zero-order valence-corrected chi connectivity index (χ0v) is 13.0. The lowest BCUT2D eigenvalue weighted by atomic mass is 10.0. The van der Waals surface area contributed by atoms with Crippen molar-refractivity contribution in [3.63, 3.8) is 0 Å². The topological polar surface area (TPSA) is 72.6 Å². The summed E-state index contributed by atoms with van der Waals surface area (Å²) in [4.78, 5) is 2.02. The van der Waals surface area contributed by atoms with Crippen LogP contribution in [0.3, 0.4) is 0 Å². The lowest BCUT2D eigenvalue weighted by Crippen LogP contribution is -2.33. The molecule has 2 rings (SSSR count). The zero-order valence-electron chi connectivity index (χ0n) is 12.2. The molecule has 5 nitrogen and oxygen atoms in total. The summed E-state index contributed by atoms with van der Waals surface area (Å²) in [6, 6.07) is 5.57. The van der Waals surface area contributed by atoms with Gasteiger partial charge in [-0.25, -0.2) is 8.42 Å². The first-order valence-electron chi connectivity index (χ1n) is 6.71. The van der Waals surface area contributed by atoms with Crippen LogP contribution in [0, 0.1) is 0 Å². The third kappa shape index (κ3) is 2.91. The highest BCUT2D eigenvalue weighted by molar-refractivity contribution is 7.91. The van der Waals surface area contributed by atoms with Crippen LogP contribution in [0.5, 0.6) is 5.75 Å². The molecule has 1 aromatic rings. The molecule has 1 unspecified atom stereocenters. The summed E-state index contributed by atoms with van der Waals surface area (Å²) >= 11 is 0. The zero-order chi connectivity index (χ0) is 14.9. The van der Waals surface area contributed by atoms with Gasteiger partial charge in [-0.1, -0.05) is 6.07 Å². The molecule has 1 aliphatic rings. The molecule has 1 fully saturated rings. The maximum atomic E-state index is 11.6. The van der Waals surface area contributed by atoms with Crippen molar-refractivity contribution >= 4 is 15.5 Å². The van der Waals surface area contributed by atoms with Gasteiger partial charge in [-0.3, -0.25) is 0 Å². The first kappa shape index (κ1) is 15.1. The maximum absolute atomic E-state index is 11.6. The van der Waals surface area contributed by atoms with Crippen LogP contribution in [0.4, 0.5) is 5.69 Å². The van der Waals surface area contributed by atoms with Crippen molar-refractivity contribution in [3.8, 4) is 5.75 Å². The Kier molecular flexibility index (Phi) is 4.25. The number of hydrogen-bond acceptors (Lipinski definition) is 5. The van der Waals surface area contributed by atoms with Crippen molar-refractivity contribution in [1.82, 2.24) is 0 Å². The van der Waals surface area contributed by atoms with E-state index in [0.29, 0.717) is 6.42 Å². The van der Waals surface area contributed by atoms with Gasteiger partial charge in [0, 0.05) is 30.4 Å². The Labute approximate surface area is 120 Å². The highest BCUT2D eigenvalue weighted by atomic mass is 32.2. The normalized spacial score (nSPS) is 22.5. The number of anilines is 1. The van der Waals surface area contributed by atoms with Gasteiger partial charge in [0.1, 0.15) is 5.75 Å². The lowest BCUT2D eigenvalue weighted by molar-refractivity contribution is 0.407. The van der Waals surface area contributed by atoms with Crippen molar-refractivity contribution in [3.05, 3.63) is 23.8 Å². The number of nitrogens with two attached hydrogens (primary N) is 1. The second-order valence-electron chi connectivity index (χ2n) is 5.35. The first-order valence-corrected chi connectivity index (χ1v) is 8.53. The Hall–Kier alpha value is -1.27. The molecule has 2 N–H and O–H groups in total. The summed E-state index contributed by atoms with van der Waals surface area (Å²) in [5, 5.41) is 0. The van der Waals surface area contributed by atoms with E-state index in [4.69, 9.17) is 10.5 Å². The molecule has 0 amide bonds. The molecule has 0 radical (unpaired) electrons. The van der Waals surface area contributed by atoms with Gasteiger partial charge in [-0.05, 0) is 25.5 Å². The number of ether oxygens (including phenoxy) is 1. The monoisotopic (exact) mass is 298 g/mol. The third-order valence-corrected chi connectivity index (χ3v) is 5.60. The number of methoxy groups -OCH3 is 1. The Morgan fingerprint density at radius 1 is 1.45 bits per heavy atom. The Morgan fingerprint density at radius 3 is 2.65 bits per heavy atom. The van der Waals surface area contributed by atoms with Crippen LogP contribution in [-0.4, -0.2) is 40.1 Å². The highest BCUT2D eigenvalue weighted by Gasteiger charge is 2.32. The van der Waals surface area contributed by atoms with E-state index < -0.39 is 9.84 Å². The van der Waals surface area contributed by atoms with Gasteiger partial charge in [0.25, 0.3) is 0 Å². The van der Waals surface area contributed by atoms with E-state index in [2.05, 4.69) is 0 Å². The molecule has 6 heteroatoms. The Morgan fingerprint density at radius 2 is 2.15 bits per heavy atom. The second-order valence-corrected chi connectivity index (χ2v) is 7.58. The predicted molar refractivity (Wildman–Crippen MR) is 81.1 cm³/mol. The van der Waals surface area contributed by atoms with Crippen LogP contribution in [0.25, 0.3) is 0 Å². The standard InChI is InChI=1S/C14H22N2O3S/c1-10(15)14-12(5-4-6-13(14)19-3)16(2)11-7-8-20(17,18)9-11/h4-6,10-11H,7-9,15H2,1-3H3/t10-,11?/m0/s1. The lowest BCUT2D eigenvalue weighted by Gasteiger charge is -2.29. The van der Waals surface area contributed by atoms with Crippen molar-refractivity contribution < 1.29 is 13.2 Å². The minimum Gasteiger partial charge on any atom is -0.496 e. The fourth-order valence-electron chi connectivity index (χ4n) is 2.75. The molecule has 0 aliphatic carbocycles. The summed E-state index contributed by atoms with van der Waals surface area (Å²) in [7, 11) is 0.637. The molecular formula is C14H22N2O3S. The third-order valence-electron chi connectivity index (χ3n) is 3.85. The fraction of sp³-hybridized carbons (Fsp3) is 0.571. The first-order chi connectivity index (χ1) is 9.35. The van der Waals surface area contributed by atoms with Crippen LogP contribution in [0.2, 0.25) is 0 Å². The largest absolute Gasteiger partial charge is 0.496 e. The van der Waals surface area contributed by atoms with E-state index in [1.54, 1.807) is 7.11 Å². The van der Waals surface area contributed by atoms with Gasteiger partial charge in [-0.2, -0.15) is 0 Å². The molecule has 0 aromatic heterocycles. The average Bonchev–Trinajstić information content (AvgIpc) is 2.77. The SMILES string of the molecule is COc1cccc(N(C)C2CCS(=O)(=O)C2)c1[C@H](C)N. The van der Waals surface area contributed by atoms with E-state index in [1.807, 2.05) is 37.1 Å². The molecule has 1 aliphatic heterocycles. The molecule has 20 heavy (non-hydrogen) atoms. The van der Waals surface area contributed by atoms with Crippen LogP contribution in [-0.2, 0) is 9.84 Å². The van der Waals surface area contributed by atoms with E-state index >= 15 is 0 Å². The van der Waals surface area contributed by atoms with Crippen molar-refractivity contribution in [2.75, 3.05) is 30.6 Å². The Balaban J connectivity index is 2.37. The number of benzene rings is 1. The number of hydrogen-bond donors (Lipinski definition) is 1. The van der Waals surface area contributed by atoms with Gasteiger partial charge in [-0.15, -0.1) is 0 Å². The summed E-state index contributed by atoms with van der Waals surface area (Å²) in [5.41, 5.74) is 7.92. The minimum absolute atomic E-state index is 0.00426. The molecular weight excluding hydrogens is 276 g/mol. The van der Waals surface area contributed by atoms with E-state index in [-0.39, 0.29) is 23.6 Å². The molecule has 112 valence electrons. The van der Waals surface area contributed by atoms with Gasteiger partial charge in [0.2, 0.25) is 0 Å². The quantitative estimate of drug-likeness (QED) is 0.908. The van der Waals surface area contributed by atoms with E-state index in [9.17, 15) is 8.42 Å². The van der Waals surface area contributed by atoms with Crippen molar-refractivity contribution in [2.45, 2.75) is 25.4 Å².